The zero-order chi connectivity index (χ0) is 18.5. The molecule has 0 aromatic heterocycles. The Morgan fingerprint density at radius 2 is 1.79 bits per heavy atom. The molecule has 5 nitrogen and oxygen atoms in total. The van der Waals surface area contributed by atoms with E-state index in [0.29, 0.717) is 31.1 Å². The lowest BCUT2D eigenvalue weighted by molar-refractivity contribution is 0.199. The van der Waals surface area contributed by atoms with Crippen LogP contribution in [0.15, 0.2) is 59.6 Å². The molecule has 2 heterocycles. The molecule has 1 saturated heterocycles. The van der Waals surface area contributed by atoms with Crippen molar-refractivity contribution in [1.29, 1.82) is 0 Å². The Labute approximate surface area is 184 Å². The van der Waals surface area contributed by atoms with Crippen LogP contribution in [0, 0.1) is 0 Å². The molecule has 3 N–H and O–H groups in total. The van der Waals surface area contributed by atoms with E-state index < -0.39 is 0 Å². The maximum absolute atomic E-state index is 6.15. The average molecular weight is 492 g/mol. The monoisotopic (exact) mass is 492 g/mol. The molecule has 2 aliphatic rings. The molecular weight excluding hydrogens is 463 g/mol. The Hall–Kier alpha value is -1.80. The molecule has 2 aliphatic heterocycles. The Morgan fingerprint density at radius 1 is 1.07 bits per heavy atom. The number of nitrogens with two attached hydrogens (primary N) is 1. The van der Waals surface area contributed by atoms with Crippen LogP contribution in [0.1, 0.15) is 29.9 Å². The molecule has 2 aromatic carbocycles. The van der Waals surface area contributed by atoms with Gasteiger partial charge in [0.2, 0.25) is 0 Å². The molecule has 0 saturated carbocycles. The summed E-state index contributed by atoms with van der Waals surface area (Å²) in [7, 11) is 0. The summed E-state index contributed by atoms with van der Waals surface area (Å²) >= 11 is 0. The van der Waals surface area contributed by atoms with E-state index in [9.17, 15) is 0 Å². The fourth-order valence-electron chi connectivity index (χ4n) is 3.92. The van der Waals surface area contributed by atoms with E-state index in [2.05, 4.69) is 57.7 Å². The SMILES string of the molecule is I.NC(=NCC1COc2ccccc21)NC1CCN(Cc2ccccc2)CC1. The normalized spacial score (nSPS) is 20.1. The maximum Gasteiger partial charge on any atom is 0.188 e. The highest BCUT2D eigenvalue weighted by atomic mass is 127. The van der Waals surface area contributed by atoms with Gasteiger partial charge in [0.05, 0.1) is 13.2 Å². The Morgan fingerprint density at radius 3 is 2.57 bits per heavy atom. The molecule has 1 fully saturated rings. The fraction of sp³-hybridized carbons (Fsp3) is 0.409. The first kappa shape index (κ1) is 20.9. The number of para-hydroxylation sites is 1. The van der Waals surface area contributed by atoms with Crippen LogP contribution in [0.5, 0.6) is 5.75 Å². The number of aliphatic imine (C=N–C) groups is 1. The molecule has 0 aliphatic carbocycles. The van der Waals surface area contributed by atoms with Gasteiger partial charge in [0.1, 0.15) is 5.75 Å². The summed E-state index contributed by atoms with van der Waals surface area (Å²) in [5, 5.41) is 3.41. The van der Waals surface area contributed by atoms with Crippen LogP contribution in [0.4, 0.5) is 0 Å². The molecule has 1 unspecified atom stereocenters. The van der Waals surface area contributed by atoms with Gasteiger partial charge in [0.15, 0.2) is 5.96 Å². The second-order valence-electron chi connectivity index (χ2n) is 7.45. The number of rotatable bonds is 5. The van der Waals surface area contributed by atoms with Crippen molar-refractivity contribution >= 4 is 29.9 Å². The summed E-state index contributed by atoms with van der Waals surface area (Å²) in [5.41, 5.74) is 8.76. The number of hydrogen-bond donors (Lipinski definition) is 2. The molecule has 4 rings (SSSR count). The third-order valence-electron chi connectivity index (χ3n) is 5.47. The number of fused-ring (bicyclic) bond motifs is 1. The standard InChI is InChI=1S/C22H28N4O.HI/c23-22(24-14-18-16-27-21-9-5-4-8-20(18)21)25-19-10-12-26(13-11-19)15-17-6-2-1-3-7-17;/h1-9,18-19H,10-16H2,(H3,23,24,25);1H. The van der Waals surface area contributed by atoms with Crippen molar-refractivity contribution in [1.82, 2.24) is 10.2 Å². The predicted molar refractivity (Wildman–Crippen MR) is 124 cm³/mol. The molecule has 6 heteroatoms. The first-order valence-electron chi connectivity index (χ1n) is 9.82. The van der Waals surface area contributed by atoms with Crippen LogP contribution >= 0.6 is 24.0 Å². The highest BCUT2D eigenvalue weighted by Gasteiger charge is 2.24. The van der Waals surface area contributed by atoms with Gasteiger partial charge in [-0.1, -0.05) is 48.5 Å². The molecule has 0 spiro atoms. The first-order valence-corrected chi connectivity index (χ1v) is 9.82. The van der Waals surface area contributed by atoms with Gasteiger partial charge in [-0.3, -0.25) is 9.89 Å². The van der Waals surface area contributed by atoms with Crippen molar-refractivity contribution in [3.05, 3.63) is 65.7 Å². The van der Waals surface area contributed by atoms with E-state index >= 15 is 0 Å². The van der Waals surface area contributed by atoms with Crippen LogP contribution in [-0.4, -0.2) is 43.1 Å². The van der Waals surface area contributed by atoms with E-state index in [1.165, 1.54) is 11.1 Å². The second kappa shape index (κ2) is 10.1. The lowest BCUT2D eigenvalue weighted by Gasteiger charge is -2.32. The number of likely N-dealkylation sites (tertiary alicyclic amines) is 1. The van der Waals surface area contributed by atoms with Crippen LogP contribution in [0.25, 0.3) is 0 Å². The Kier molecular flexibility index (Phi) is 7.56. The van der Waals surface area contributed by atoms with E-state index in [4.69, 9.17) is 10.5 Å². The van der Waals surface area contributed by atoms with Crippen LogP contribution < -0.4 is 15.8 Å². The van der Waals surface area contributed by atoms with Crippen LogP contribution in [0.3, 0.4) is 0 Å². The van der Waals surface area contributed by atoms with Gasteiger partial charge in [0.25, 0.3) is 0 Å². The number of ether oxygens (including phenoxy) is 1. The van der Waals surface area contributed by atoms with Crippen LogP contribution in [0.2, 0.25) is 0 Å². The molecule has 2 aromatic rings. The molecular formula is C22H29IN4O. The number of benzene rings is 2. The highest BCUT2D eigenvalue weighted by molar-refractivity contribution is 14.0. The number of piperidine rings is 1. The lowest BCUT2D eigenvalue weighted by Crippen LogP contribution is -2.47. The fourth-order valence-corrected chi connectivity index (χ4v) is 3.92. The Balaban J connectivity index is 0.00000225. The zero-order valence-electron chi connectivity index (χ0n) is 16.1. The van der Waals surface area contributed by atoms with Crippen molar-refractivity contribution in [2.75, 3.05) is 26.2 Å². The van der Waals surface area contributed by atoms with Crippen molar-refractivity contribution in [2.24, 2.45) is 10.7 Å². The van der Waals surface area contributed by atoms with Crippen molar-refractivity contribution in [3.63, 3.8) is 0 Å². The van der Waals surface area contributed by atoms with Gasteiger partial charge >= 0.3 is 0 Å². The smallest absolute Gasteiger partial charge is 0.188 e. The minimum Gasteiger partial charge on any atom is -0.493 e. The predicted octanol–water partition coefficient (Wildman–Crippen LogP) is 3.35. The summed E-state index contributed by atoms with van der Waals surface area (Å²) in [6.45, 7) is 4.56. The van der Waals surface area contributed by atoms with E-state index in [1.54, 1.807) is 0 Å². The second-order valence-corrected chi connectivity index (χ2v) is 7.45. The number of nitrogens with zero attached hydrogens (tertiary/aromatic N) is 2. The summed E-state index contributed by atoms with van der Waals surface area (Å²) < 4.78 is 5.72. The third kappa shape index (κ3) is 5.38. The number of guanidine groups is 1. The zero-order valence-corrected chi connectivity index (χ0v) is 18.4. The topological polar surface area (TPSA) is 62.9 Å². The van der Waals surface area contributed by atoms with Gasteiger partial charge in [-0.2, -0.15) is 0 Å². The highest BCUT2D eigenvalue weighted by Crippen LogP contribution is 2.33. The molecule has 0 radical (unpaired) electrons. The Bertz CT molecular complexity index is 775. The molecule has 28 heavy (non-hydrogen) atoms. The summed E-state index contributed by atoms with van der Waals surface area (Å²) in [5.74, 6) is 1.84. The first-order chi connectivity index (χ1) is 13.3. The van der Waals surface area contributed by atoms with E-state index in [1.807, 2.05) is 12.1 Å². The molecule has 0 bridgehead atoms. The molecule has 1 atom stereocenters. The van der Waals surface area contributed by atoms with Crippen LogP contribution in [-0.2, 0) is 6.54 Å². The number of nitrogens with one attached hydrogen (secondary N) is 1. The molecule has 150 valence electrons. The summed E-state index contributed by atoms with van der Waals surface area (Å²) in [6.07, 6.45) is 2.19. The van der Waals surface area contributed by atoms with Crippen molar-refractivity contribution in [2.45, 2.75) is 31.3 Å². The van der Waals surface area contributed by atoms with E-state index in [0.717, 1.165) is 38.2 Å². The van der Waals surface area contributed by atoms with Gasteiger partial charge in [0, 0.05) is 37.2 Å². The van der Waals surface area contributed by atoms with E-state index in [-0.39, 0.29) is 24.0 Å². The lowest BCUT2D eigenvalue weighted by atomic mass is 10.0. The third-order valence-corrected chi connectivity index (χ3v) is 5.47. The maximum atomic E-state index is 6.15. The van der Waals surface area contributed by atoms with Gasteiger partial charge in [-0.15, -0.1) is 24.0 Å². The summed E-state index contributed by atoms with van der Waals surface area (Å²) in [4.78, 5) is 7.08. The minimum atomic E-state index is 0. The number of halogens is 1. The quantitative estimate of drug-likeness (QED) is 0.382. The number of hydrogen-bond acceptors (Lipinski definition) is 3. The summed E-state index contributed by atoms with van der Waals surface area (Å²) in [6, 6.07) is 19.3. The minimum absolute atomic E-state index is 0. The molecule has 0 amide bonds. The largest absolute Gasteiger partial charge is 0.493 e. The van der Waals surface area contributed by atoms with Crippen molar-refractivity contribution in [3.8, 4) is 5.75 Å². The van der Waals surface area contributed by atoms with Gasteiger partial charge in [-0.25, -0.2) is 0 Å². The average Bonchev–Trinajstić information content (AvgIpc) is 3.12. The van der Waals surface area contributed by atoms with Gasteiger partial charge in [-0.05, 0) is 24.5 Å². The van der Waals surface area contributed by atoms with Crippen molar-refractivity contribution < 1.29 is 4.74 Å². The van der Waals surface area contributed by atoms with Gasteiger partial charge < -0.3 is 15.8 Å².